The summed E-state index contributed by atoms with van der Waals surface area (Å²) in [5, 5.41) is 13.9. The smallest absolute Gasteiger partial charge is 0.242 e. The van der Waals surface area contributed by atoms with Crippen molar-refractivity contribution in [1.82, 2.24) is 15.0 Å². The van der Waals surface area contributed by atoms with Gasteiger partial charge >= 0.3 is 0 Å². The van der Waals surface area contributed by atoms with Gasteiger partial charge in [0.05, 0.1) is 24.0 Å². The first kappa shape index (κ1) is 26.0. The van der Waals surface area contributed by atoms with Crippen LogP contribution in [0, 0.1) is 17.8 Å². The standard InChI is InChI=1S/C25H33N3O5S/c1-15(2)13-19(28-34(32,33)18-11-8-12-26-14-18)25(31)27-22(16(3)4)24(30)21-20(23(21)29)17-9-6-5-7-10-17/h5-12,14-16,19-22,24,28,30H,13H2,1-4H3,(H,27,31)/t19-,20?,21?,22-,24-/m0/s1. The van der Waals surface area contributed by atoms with Crippen molar-refractivity contribution in [3.8, 4) is 0 Å². The lowest BCUT2D eigenvalue weighted by molar-refractivity contribution is -0.125. The molecule has 3 rings (SSSR count). The van der Waals surface area contributed by atoms with E-state index < -0.39 is 46.0 Å². The maximum Gasteiger partial charge on any atom is 0.242 e. The number of nitrogens with one attached hydrogen (secondary N) is 2. The zero-order valence-electron chi connectivity index (χ0n) is 19.9. The molecule has 1 heterocycles. The Bertz CT molecular complexity index is 1090. The minimum absolute atomic E-state index is 0.0299. The molecule has 1 amide bonds. The van der Waals surface area contributed by atoms with Crippen LogP contribution in [0.2, 0.25) is 0 Å². The lowest BCUT2D eigenvalue weighted by Gasteiger charge is -2.30. The summed E-state index contributed by atoms with van der Waals surface area (Å²) in [6.07, 6.45) is 1.86. The highest BCUT2D eigenvalue weighted by Crippen LogP contribution is 2.46. The van der Waals surface area contributed by atoms with Gasteiger partial charge in [-0.05, 0) is 36.0 Å². The molecule has 2 unspecified atom stereocenters. The van der Waals surface area contributed by atoms with Crippen LogP contribution in [-0.2, 0) is 19.6 Å². The topological polar surface area (TPSA) is 125 Å². The Morgan fingerprint density at radius 2 is 1.76 bits per heavy atom. The van der Waals surface area contributed by atoms with Crippen LogP contribution in [0.4, 0.5) is 0 Å². The molecule has 3 N–H and O–H groups in total. The highest BCUT2D eigenvalue weighted by molar-refractivity contribution is 7.89. The molecule has 9 heteroatoms. The Morgan fingerprint density at radius 3 is 2.32 bits per heavy atom. The minimum Gasteiger partial charge on any atom is -0.390 e. The molecule has 2 aromatic rings. The molecule has 1 saturated carbocycles. The van der Waals surface area contributed by atoms with Crippen molar-refractivity contribution in [2.24, 2.45) is 17.8 Å². The van der Waals surface area contributed by atoms with Gasteiger partial charge in [0, 0.05) is 12.4 Å². The summed E-state index contributed by atoms with van der Waals surface area (Å²) in [6.45, 7) is 7.47. The quantitative estimate of drug-likeness (QED) is 0.446. The maximum absolute atomic E-state index is 13.2. The molecule has 1 fully saturated rings. The van der Waals surface area contributed by atoms with E-state index in [1.807, 2.05) is 58.0 Å². The second-order valence-corrected chi connectivity index (χ2v) is 11.3. The second-order valence-electron chi connectivity index (χ2n) is 9.58. The number of nitrogens with zero attached hydrogens (tertiary/aromatic N) is 1. The minimum atomic E-state index is -3.97. The van der Waals surface area contributed by atoms with Gasteiger partial charge in [-0.1, -0.05) is 58.0 Å². The molecule has 0 radical (unpaired) electrons. The van der Waals surface area contributed by atoms with E-state index in [0.29, 0.717) is 0 Å². The fourth-order valence-electron chi connectivity index (χ4n) is 4.23. The van der Waals surface area contributed by atoms with E-state index >= 15 is 0 Å². The van der Waals surface area contributed by atoms with E-state index in [-0.39, 0.29) is 28.9 Å². The number of sulfonamides is 1. The van der Waals surface area contributed by atoms with Crippen LogP contribution in [-0.4, -0.2) is 48.4 Å². The largest absolute Gasteiger partial charge is 0.390 e. The molecular weight excluding hydrogens is 454 g/mol. The highest BCUT2D eigenvalue weighted by Gasteiger charge is 2.56. The zero-order valence-corrected chi connectivity index (χ0v) is 20.7. The molecule has 1 aliphatic rings. The number of carbonyl (C=O) groups is 2. The average molecular weight is 488 g/mol. The number of pyridine rings is 1. The van der Waals surface area contributed by atoms with Crippen LogP contribution in [0.3, 0.4) is 0 Å². The summed E-state index contributed by atoms with van der Waals surface area (Å²) in [6, 6.07) is 10.4. The van der Waals surface area contributed by atoms with Crippen LogP contribution >= 0.6 is 0 Å². The first-order valence-corrected chi connectivity index (χ1v) is 13.0. The van der Waals surface area contributed by atoms with Crippen molar-refractivity contribution < 1.29 is 23.1 Å². The number of hydrogen-bond donors (Lipinski definition) is 3. The van der Waals surface area contributed by atoms with E-state index in [1.54, 1.807) is 0 Å². The fraction of sp³-hybridized carbons (Fsp3) is 0.480. The molecule has 1 aromatic heterocycles. The number of hydrogen-bond acceptors (Lipinski definition) is 6. The van der Waals surface area contributed by atoms with Crippen LogP contribution in [0.1, 0.15) is 45.6 Å². The molecule has 34 heavy (non-hydrogen) atoms. The van der Waals surface area contributed by atoms with Crippen molar-refractivity contribution >= 4 is 21.7 Å². The molecule has 5 atom stereocenters. The van der Waals surface area contributed by atoms with E-state index in [2.05, 4.69) is 15.0 Å². The van der Waals surface area contributed by atoms with Crippen LogP contribution in [0.5, 0.6) is 0 Å². The lowest BCUT2D eigenvalue weighted by atomic mass is 9.92. The second kappa shape index (κ2) is 10.8. The Labute approximate surface area is 201 Å². The molecule has 0 bridgehead atoms. The van der Waals surface area contributed by atoms with Crippen LogP contribution < -0.4 is 10.0 Å². The summed E-state index contributed by atoms with van der Waals surface area (Å²) in [4.78, 5) is 29.6. The van der Waals surface area contributed by atoms with E-state index in [9.17, 15) is 23.1 Å². The molecule has 1 aliphatic carbocycles. The third-order valence-corrected chi connectivity index (χ3v) is 7.53. The summed E-state index contributed by atoms with van der Waals surface area (Å²) in [5.41, 5.74) is 0.840. The van der Waals surface area contributed by atoms with Gasteiger partial charge in [-0.25, -0.2) is 8.42 Å². The normalized spacial score (nSPS) is 20.7. The predicted molar refractivity (Wildman–Crippen MR) is 128 cm³/mol. The van der Waals surface area contributed by atoms with Gasteiger partial charge in [-0.3, -0.25) is 14.6 Å². The monoisotopic (exact) mass is 487 g/mol. The fourth-order valence-corrected chi connectivity index (χ4v) is 5.40. The number of rotatable bonds is 11. The average Bonchev–Trinajstić information content (AvgIpc) is 3.47. The van der Waals surface area contributed by atoms with Gasteiger partial charge in [0.15, 0.2) is 0 Å². The van der Waals surface area contributed by atoms with Gasteiger partial charge in [0.1, 0.15) is 16.7 Å². The van der Waals surface area contributed by atoms with Crippen molar-refractivity contribution in [3.63, 3.8) is 0 Å². The number of aliphatic hydroxyl groups excluding tert-OH is 1. The maximum atomic E-state index is 13.2. The highest BCUT2D eigenvalue weighted by atomic mass is 32.2. The lowest BCUT2D eigenvalue weighted by Crippen LogP contribution is -2.55. The number of aliphatic hydroxyl groups is 1. The summed E-state index contributed by atoms with van der Waals surface area (Å²) in [5.74, 6) is -1.76. The van der Waals surface area contributed by atoms with Gasteiger partial charge < -0.3 is 10.4 Å². The Balaban J connectivity index is 1.76. The number of ketones is 1. The number of carbonyl (C=O) groups excluding carboxylic acids is 2. The first-order valence-electron chi connectivity index (χ1n) is 11.5. The van der Waals surface area contributed by atoms with Crippen molar-refractivity contribution in [3.05, 3.63) is 60.4 Å². The molecule has 8 nitrogen and oxygen atoms in total. The van der Waals surface area contributed by atoms with Crippen molar-refractivity contribution in [2.45, 2.75) is 63.1 Å². The number of amides is 1. The van der Waals surface area contributed by atoms with E-state index in [0.717, 1.165) is 5.56 Å². The molecule has 0 aliphatic heterocycles. The summed E-state index contributed by atoms with van der Waals surface area (Å²) < 4.78 is 28.1. The number of aromatic nitrogens is 1. The Kier molecular flexibility index (Phi) is 8.22. The molecule has 0 spiro atoms. The molecule has 184 valence electrons. The van der Waals surface area contributed by atoms with Gasteiger partial charge in [-0.15, -0.1) is 0 Å². The molecule has 0 saturated heterocycles. The predicted octanol–water partition coefficient (Wildman–Crippen LogP) is 2.26. The van der Waals surface area contributed by atoms with Gasteiger partial charge in [-0.2, -0.15) is 4.72 Å². The van der Waals surface area contributed by atoms with Gasteiger partial charge in [0.25, 0.3) is 0 Å². The molecular formula is C25H33N3O5S. The Hall–Kier alpha value is -2.62. The van der Waals surface area contributed by atoms with Gasteiger partial charge in [0.2, 0.25) is 15.9 Å². The van der Waals surface area contributed by atoms with E-state index in [1.165, 1.54) is 24.5 Å². The third-order valence-electron chi connectivity index (χ3n) is 6.07. The van der Waals surface area contributed by atoms with E-state index in [4.69, 9.17) is 0 Å². The molecule has 1 aromatic carbocycles. The van der Waals surface area contributed by atoms with Crippen LogP contribution in [0.15, 0.2) is 59.8 Å². The third kappa shape index (κ3) is 6.08. The van der Waals surface area contributed by atoms with Crippen LogP contribution in [0.25, 0.3) is 0 Å². The Morgan fingerprint density at radius 1 is 1.09 bits per heavy atom. The number of Topliss-reactive ketones (excluding diaryl/α,β-unsaturated/α-hetero) is 1. The zero-order chi connectivity index (χ0) is 25.0. The number of benzene rings is 1. The van der Waals surface area contributed by atoms with Crippen molar-refractivity contribution in [1.29, 1.82) is 0 Å². The first-order chi connectivity index (χ1) is 16.0. The summed E-state index contributed by atoms with van der Waals surface area (Å²) in [7, 11) is -3.97. The summed E-state index contributed by atoms with van der Waals surface area (Å²) >= 11 is 0. The SMILES string of the molecule is CC(C)C[C@H](NS(=O)(=O)c1cccnc1)C(=O)N[C@@H](C(C)C)[C@@H](O)C1C(=O)C1c1ccccc1. The van der Waals surface area contributed by atoms with Crippen molar-refractivity contribution in [2.75, 3.05) is 0 Å².